The predicted octanol–water partition coefficient (Wildman–Crippen LogP) is 25.0. The third kappa shape index (κ3) is 79.0. The van der Waals surface area contributed by atoms with E-state index in [1.165, 1.54) is 116 Å². The van der Waals surface area contributed by atoms with Gasteiger partial charge in [-0.25, -0.2) is 9.13 Å². The van der Waals surface area contributed by atoms with Gasteiger partial charge in [-0.05, 0) is 154 Å². The molecule has 0 aliphatic carbocycles. The van der Waals surface area contributed by atoms with Gasteiger partial charge in [-0.3, -0.25) is 37.3 Å². The number of aliphatic hydroxyl groups excluding tert-OH is 1. The Kier molecular flexibility index (Phi) is 76.3. The van der Waals surface area contributed by atoms with Gasteiger partial charge in [-0.1, -0.05) is 302 Å². The number of ether oxygens (including phenoxy) is 4. The predicted molar refractivity (Wildman–Crippen MR) is 445 cm³/mol. The van der Waals surface area contributed by atoms with Crippen LogP contribution >= 0.6 is 15.6 Å². The van der Waals surface area contributed by atoms with Gasteiger partial charge in [0.2, 0.25) is 0 Å². The van der Waals surface area contributed by atoms with E-state index in [0.29, 0.717) is 38.5 Å². The van der Waals surface area contributed by atoms with E-state index >= 15 is 0 Å². The van der Waals surface area contributed by atoms with Crippen LogP contribution in [0.3, 0.4) is 0 Å². The van der Waals surface area contributed by atoms with Crippen LogP contribution in [0.4, 0.5) is 0 Å². The number of hydrogen-bond acceptors (Lipinski definition) is 15. The minimum absolute atomic E-state index is 0.0319. The van der Waals surface area contributed by atoms with Gasteiger partial charge in [0.15, 0.2) is 12.2 Å². The van der Waals surface area contributed by atoms with Crippen molar-refractivity contribution < 1.29 is 80.2 Å². The van der Waals surface area contributed by atoms with Gasteiger partial charge in [-0.15, -0.1) is 0 Å². The molecule has 0 aliphatic rings. The van der Waals surface area contributed by atoms with E-state index in [0.717, 1.165) is 128 Å². The zero-order valence-corrected chi connectivity index (χ0v) is 69.5. The van der Waals surface area contributed by atoms with E-state index < -0.39 is 97.5 Å². The maximum absolute atomic E-state index is 13.1. The zero-order chi connectivity index (χ0) is 78.9. The average molecular weight is 1550 g/mol. The lowest BCUT2D eigenvalue weighted by atomic mass is 10.1. The normalized spacial score (nSPS) is 14.5. The first-order valence-electron chi connectivity index (χ1n) is 42.1. The van der Waals surface area contributed by atoms with Crippen LogP contribution in [-0.4, -0.2) is 96.7 Å². The number of esters is 4. The van der Waals surface area contributed by atoms with Crippen LogP contribution < -0.4 is 0 Å². The van der Waals surface area contributed by atoms with E-state index in [4.69, 9.17) is 37.0 Å². The topological polar surface area (TPSA) is 237 Å². The lowest BCUT2D eigenvalue weighted by molar-refractivity contribution is -0.161. The number of rotatable bonds is 78. The molecule has 17 nitrogen and oxygen atoms in total. The lowest BCUT2D eigenvalue weighted by Crippen LogP contribution is -2.30. The molecular weight excluding hydrogens is 1400 g/mol. The molecule has 108 heavy (non-hydrogen) atoms. The summed E-state index contributed by atoms with van der Waals surface area (Å²) < 4.78 is 68.6. The van der Waals surface area contributed by atoms with Gasteiger partial charge in [0.25, 0.3) is 0 Å². The second-order valence-electron chi connectivity index (χ2n) is 27.7. The van der Waals surface area contributed by atoms with Crippen molar-refractivity contribution in [2.24, 2.45) is 0 Å². The molecule has 0 radical (unpaired) electrons. The second kappa shape index (κ2) is 80.0. The summed E-state index contributed by atoms with van der Waals surface area (Å²) in [5.74, 6) is -2.38. The number of allylic oxidation sites excluding steroid dienone is 24. The molecule has 2 unspecified atom stereocenters. The van der Waals surface area contributed by atoms with E-state index in [1.807, 2.05) is 24.3 Å². The molecule has 0 saturated heterocycles. The summed E-state index contributed by atoms with van der Waals surface area (Å²) >= 11 is 0. The number of carbonyl (C=O) groups is 4. The van der Waals surface area contributed by atoms with Crippen molar-refractivity contribution in [2.45, 2.75) is 354 Å². The molecule has 3 N–H and O–H groups in total. The summed E-state index contributed by atoms with van der Waals surface area (Å²) in [4.78, 5) is 73.1. The van der Waals surface area contributed by atoms with Crippen LogP contribution in [0.5, 0.6) is 0 Å². The molecule has 0 aromatic carbocycles. The molecule has 0 amide bonds. The summed E-state index contributed by atoms with van der Waals surface area (Å²) in [6, 6.07) is 0. The van der Waals surface area contributed by atoms with Gasteiger partial charge < -0.3 is 33.8 Å². The Labute approximate surface area is 656 Å². The molecule has 0 fully saturated rings. The molecule has 4 atom stereocenters. The van der Waals surface area contributed by atoms with Crippen molar-refractivity contribution in [3.05, 3.63) is 146 Å². The maximum Gasteiger partial charge on any atom is 0.472 e. The average Bonchev–Trinajstić information content (AvgIpc) is 0.923. The van der Waals surface area contributed by atoms with Gasteiger partial charge in [0.1, 0.15) is 19.3 Å². The smallest absolute Gasteiger partial charge is 0.462 e. The fraction of sp³-hybridized carbons (Fsp3) is 0.685. The largest absolute Gasteiger partial charge is 0.472 e. The van der Waals surface area contributed by atoms with Crippen LogP contribution in [0, 0.1) is 0 Å². The van der Waals surface area contributed by atoms with Crippen molar-refractivity contribution in [1.82, 2.24) is 0 Å². The van der Waals surface area contributed by atoms with Gasteiger partial charge in [-0.2, -0.15) is 0 Å². The van der Waals surface area contributed by atoms with E-state index in [2.05, 4.69) is 149 Å². The summed E-state index contributed by atoms with van der Waals surface area (Å²) in [5, 5.41) is 10.7. The second-order valence-corrected chi connectivity index (χ2v) is 30.6. The first-order valence-corrected chi connectivity index (χ1v) is 45.1. The Hall–Kier alpha value is -5.06. The highest BCUT2D eigenvalue weighted by atomic mass is 31.2. The minimum atomic E-state index is -5.01. The summed E-state index contributed by atoms with van der Waals surface area (Å²) in [5.41, 5.74) is 0. The van der Waals surface area contributed by atoms with Crippen LogP contribution in [0.2, 0.25) is 0 Å². The van der Waals surface area contributed by atoms with Crippen molar-refractivity contribution in [3.8, 4) is 0 Å². The van der Waals surface area contributed by atoms with Crippen molar-refractivity contribution >= 4 is 39.5 Å². The molecule has 0 rings (SSSR count). The van der Waals surface area contributed by atoms with Crippen molar-refractivity contribution in [1.29, 1.82) is 0 Å². The fourth-order valence-electron chi connectivity index (χ4n) is 10.8. The van der Waals surface area contributed by atoms with Gasteiger partial charge in [0.05, 0.1) is 26.4 Å². The summed E-state index contributed by atoms with van der Waals surface area (Å²) in [6.45, 7) is 4.64. The highest BCUT2D eigenvalue weighted by Crippen LogP contribution is 2.45. The van der Waals surface area contributed by atoms with Crippen LogP contribution in [-0.2, 0) is 65.4 Å². The highest BCUT2D eigenvalue weighted by Gasteiger charge is 2.30. The highest BCUT2D eigenvalue weighted by molar-refractivity contribution is 7.47. The van der Waals surface area contributed by atoms with Gasteiger partial charge in [0, 0.05) is 25.7 Å². The zero-order valence-electron chi connectivity index (χ0n) is 67.7. The maximum atomic E-state index is 13.1. The number of aliphatic hydroxyl groups is 1. The molecule has 0 aliphatic heterocycles. The van der Waals surface area contributed by atoms with Crippen molar-refractivity contribution in [2.75, 3.05) is 39.6 Å². The van der Waals surface area contributed by atoms with E-state index in [-0.39, 0.29) is 25.7 Å². The number of hydrogen-bond donors (Lipinski definition) is 3. The molecule has 0 aromatic rings. The summed E-state index contributed by atoms with van der Waals surface area (Å²) in [6.07, 6.45) is 92.7. The molecule has 0 spiro atoms. The molecular formula is C89H150O17P2. The number of phosphoric ester groups is 2. The Bertz CT molecular complexity index is 2440. The van der Waals surface area contributed by atoms with Crippen LogP contribution in [0.15, 0.2) is 146 Å². The van der Waals surface area contributed by atoms with E-state index in [9.17, 15) is 43.2 Å². The molecule has 0 saturated carbocycles. The van der Waals surface area contributed by atoms with Gasteiger partial charge >= 0.3 is 39.5 Å². The third-order valence-electron chi connectivity index (χ3n) is 17.3. The molecule has 0 bridgehead atoms. The lowest BCUT2D eigenvalue weighted by Gasteiger charge is -2.21. The SMILES string of the molecule is CCCCC/C=C\C/C=C\C/C=C\C/C=C\C/C=C\CCC(=O)OC[C@H](COP(=O)(O)OCC(O)COP(=O)(O)OC[C@@H](COC(=O)CC/C=C\C/C=C\C/C=C\C/C=C\C/C=C\CCCCC)OC(=O)CCCCCCC/C=C\CCCCCCCC)OC(=O)CCCCCCC/C=C\CCCCCCCC. The minimum Gasteiger partial charge on any atom is -0.462 e. The Morgan fingerprint density at radius 1 is 0.259 bits per heavy atom. The summed E-state index contributed by atoms with van der Waals surface area (Å²) in [7, 11) is -10.0. The Morgan fingerprint density at radius 3 is 0.759 bits per heavy atom. The molecule has 0 heterocycles. The third-order valence-corrected chi connectivity index (χ3v) is 19.2. The first-order chi connectivity index (χ1) is 52.7. The Balaban J connectivity index is 5.50. The monoisotopic (exact) mass is 1550 g/mol. The standard InChI is InChI=1S/C89H150O17P2/c1-5-9-13-17-21-25-29-33-37-39-41-43-47-49-53-57-61-65-69-73-86(91)99-79-84(105-88(93)75-71-67-63-59-55-51-45-35-31-27-23-19-15-11-7-3)81-103-107(95,96)101-77-83(90)78-102-108(97,98)104-82-85(106-89(94)76-72-68-64-60-56-52-46-36-32-28-24-20-16-12-8-4)80-100-87(92)74-70-66-62-58-54-50-48-44-42-40-38-34-30-26-22-18-14-10-6-2/h21-22,25-26,33-38,41-46,49-50,53-54,61-62,65-66,83-85,90H,5-20,23-24,27-32,39-40,47-48,51-52,55-60,63-64,67-82H2,1-4H3,(H,95,96)(H,97,98)/b25-21-,26-22-,37-33-,38-34-,43-41-,44-42-,45-35-,46-36-,53-49-,54-50-,65-61-,66-62-/t84-,85-/m1/s1. The molecule has 618 valence electrons. The quantitative estimate of drug-likeness (QED) is 0.0169. The first kappa shape index (κ1) is 103. The fourth-order valence-corrected chi connectivity index (χ4v) is 12.4. The molecule has 19 heteroatoms. The number of carbonyl (C=O) groups excluding carboxylic acids is 4. The van der Waals surface area contributed by atoms with Crippen LogP contribution in [0.25, 0.3) is 0 Å². The van der Waals surface area contributed by atoms with Crippen molar-refractivity contribution in [3.63, 3.8) is 0 Å². The Morgan fingerprint density at radius 2 is 0.472 bits per heavy atom. The number of phosphoric acid groups is 2. The van der Waals surface area contributed by atoms with E-state index in [1.54, 1.807) is 0 Å². The molecule has 0 aromatic heterocycles. The number of unbranched alkanes of at least 4 members (excludes halogenated alkanes) is 28. The van der Waals surface area contributed by atoms with Crippen LogP contribution in [0.1, 0.15) is 336 Å².